The molecule has 1 aromatic heterocycles. The van der Waals surface area contributed by atoms with E-state index >= 15 is 0 Å². The van der Waals surface area contributed by atoms with E-state index in [-0.39, 0.29) is 0 Å². The third kappa shape index (κ3) is 1.94. The van der Waals surface area contributed by atoms with Crippen molar-refractivity contribution in [3.8, 4) is 0 Å². The first-order chi connectivity index (χ1) is 8.69. The molecule has 3 heteroatoms. The highest BCUT2D eigenvalue weighted by Gasteiger charge is 2.33. The minimum Gasteiger partial charge on any atom is -0.361 e. The van der Waals surface area contributed by atoms with Crippen LogP contribution in [0.2, 0.25) is 0 Å². The van der Waals surface area contributed by atoms with E-state index < -0.39 is 0 Å². The van der Waals surface area contributed by atoms with Crippen LogP contribution in [-0.4, -0.2) is 11.4 Å². The lowest BCUT2D eigenvalue weighted by Gasteiger charge is -2.20. The number of aldehydes is 1. The lowest BCUT2D eigenvalue weighted by molar-refractivity contribution is -0.104. The molecule has 1 saturated carbocycles. The maximum atomic E-state index is 11.1. The van der Waals surface area contributed by atoms with E-state index in [1.807, 2.05) is 19.9 Å². The maximum absolute atomic E-state index is 11.1. The Hall–Kier alpha value is -1.64. The van der Waals surface area contributed by atoms with E-state index in [0.29, 0.717) is 5.92 Å². The van der Waals surface area contributed by atoms with E-state index in [1.165, 1.54) is 18.4 Å². The molecule has 2 aliphatic carbocycles. The zero-order chi connectivity index (χ0) is 12.7. The Labute approximate surface area is 107 Å². The molecule has 18 heavy (non-hydrogen) atoms. The van der Waals surface area contributed by atoms with Gasteiger partial charge < -0.3 is 4.52 Å². The van der Waals surface area contributed by atoms with Crippen LogP contribution >= 0.6 is 0 Å². The molecule has 0 aliphatic heterocycles. The highest BCUT2D eigenvalue weighted by Crippen LogP contribution is 2.45. The molecule has 94 valence electrons. The molecule has 1 unspecified atom stereocenters. The van der Waals surface area contributed by atoms with Crippen molar-refractivity contribution in [2.24, 2.45) is 11.8 Å². The van der Waals surface area contributed by atoms with Gasteiger partial charge in [-0.1, -0.05) is 11.2 Å². The third-order valence-corrected chi connectivity index (χ3v) is 3.92. The van der Waals surface area contributed by atoms with Crippen LogP contribution in [0.1, 0.15) is 36.3 Å². The first-order valence-electron chi connectivity index (χ1n) is 6.50. The molecule has 0 bridgehead atoms. The Morgan fingerprint density at radius 3 is 2.72 bits per heavy atom. The van der Waals surface area contributed by atoms with Gasteiger partial charge in [-0.05, 0) is 56.6 Å². The second kappa shape index (κ2) is 4.23. The lowest BCUT2D eigenvalue weighted by Crippen LogP contribution is -2.08. The zero-order valence-corrected chi connectivity index (χ0v) is 10.8. The van der Waals surface area contributed by atoms with Gasteiger partial charge in [-0.2, -0.15) is 0 Å². The van der Waals surface area contributed by atoms with Crippen LogP contribution in [0, 0.1) is 25.7 Å². The van der Waals surface area contributed by atoms with Gasteiger partial charge in [-0.3, -0.25) is 4.79 Å². The molecule has 2 aliphatic rings. The Kier molecular flexibility index (Phi) is 2.69. The number of rotatable bonds is 3. The van der Waals surface area contributed by atoms with Gasteiger partial charge in [0.15, 0.2) is 0 Å². The topological polar surface area (TPSA) is 43.1 Å². The molecule has 0 aromatic carbocycles. The van der Waals surface area contributed by atoms with E-state index in [9.17, 15) is 4.79 Å². The number of hydrogen-bond donors (Lipinski definition) is 0. The van der Waals surface area contributed by atoms with Gasteiger partial charge in [0.1, 0.15) is 12.0 Å². The Morgan fingerprint density at radius 1 is 1.39 bits per heavy atom. The van der Waals surface area contributed by atoms with Gasteiger partial charge in [0.2, 0.25) is 0 Å². The van der Waals surface area contributed by atoms with Gasteiger partial charge in [-0.15, -0.1) is 0 Å². The summed E-state index contributed by atoms with van der Waals surface area (Å²) in [4.78, 5) is 11.1. The van der Waals surface area contributed by atoms with E-state index in [1.54, 1.807) is 0 Å². The molecular formula is C15H17NO2. The van der Waals surface area contributed by atoms with E-state index in [0.717, 1.165) is 41.2 Å². The van der Waals surface area contributed by atoms with Crippen molar-refractivity contribution in [2.45, 2.75) is 33.1 Å². The number of aromatic nitrogens is 1. The molecule has 1 aromatic rings. The fourth-order valence-corrected chi connectivity index (χ4v) is 2.88. The number of carbonyl (C=O) groups is 1. The quantitative estimate of drug-likeness (QED) is 0.765. The van der Waals surface area contributed by atoms with Crippen LogP contribution in [0.25, 0.3) is 5.57 Å². The molecule has 1 atom stereocenters. The second-order valence-corrected chi connectivity index (χ2v) is 5.36. The number of carbonyl (C=O) groups excluding carboxylic acids is 1. The first kappa shape index (κ1) is 11.5. The lowest BCUT2D eigenvalue weighted by atomic mass is 9.84. The van der Waals surface area contributed by atoms with Gasteiger partial charge in [-0.25, -0.2) is 0 Å². The first-order valence-corrected chi connectivity index (χ1v) is 6.50. The molecule has 1 fully saturated rings. The number of aryl methyl sites for hydroxylation is 2. The van der Waals surface area contributed by atoms with Gasteiger partial charge in [0.05, 0.1) is 5.69 Å². The molecule has 1 heterocycles. The predicted octanol–water partition coefficient (Wildman–Crippen LogP) is 3.23. The van der Waals surface area contributed by atoms with Crippen LogP contribution in [0.3, 0.4) is 0 Å². The van der Waals surface area contributed by atoms with Crippen molar-refractivity contribution in [3.63, 3.8) is 0 Å². The fourth-order valence-electron chi connectivity index (χ4n) is 2.88. The molecule has 0 radical (unpaired) electrons. The molecule has 3 rings (SSSR count). The molecule has 0 spiro atoms. The summed E-state index contributed by atoms with van der Waals surface area (Å²) in [6.07, 6.45) is 8.66. The molecule has 0 amide bonds. The molecular weight excluding hydrogens is 226 g/mol. The van der Waals surface area contributed by atoms with Crippen LogP contribution in [0.15, 0.2) is 22.2 Å². The summed E-state index contributed by atoms with van der Waals surface area (Å²) in [6, 6.07) is 0. The summed E-state index contributed by atoms with van der Waals surface area (Å²) in [5.41, 5.74) is 4.01. The highest BCUT2D eigenvalue weighted by atomic mass is 16.5. The summed E-state index contributed by atoms with van der Waals surface area (Å²) in [5, 5.41) is 4.00. The van der Waals surface area contributed by atoms with E-state index in [2.05, 4.69) is 11.2 Å². The second-order valence-electron chi connectivity index (χ2n) is 5.36. The minimum atomic E-state index is 0.513. The van der Waals surface area contributed by atoms with Crippen LogP contribution in [0.5, 0.6) is 0 Å². The van der Waals surface area contributed by atoms with Crippen LogP contribution in [0.4, 0.5) is 0 Å². The number of allylic oxidation sites excluding steroid dienone is 4. The van der Waals surface area contributed by atoms with Crippen molar-refractivity contribution in [3.05, 3.63) is 34.7 Å². The molecule has 3 nitrogen and oxygen atoms in total. The summed E-state index contributed by atoms with van der Waals surface area (Å²) in [5.74, 6) is 2.13. The Balaban J connectivity index is 1.98. The minimum absolute atomic E-state index is 0.513. The zero-order valence-electron chi connectivity index (χ0n) is 10.8. The highest BCUT2D eigenvalue weighted by molar-refractivity contribution is 5.85. The van der Waals surface area contributed by atoms with E-state index in [4.69, 9.17) is 4.52 Å². The summed E-state index contributed by atoms with van der Waals surface area (Å²) in [7, 11) is 0. The van der Waals surface area contributed by atoms with Crippen molar-refractivity contribution in [1.82, 2.24) is 5.16 Å². The normalized spacial score (nSPS) is 23.6. The van der Waals surface area contributed by atoms with Crippen molar-refractivity contribution < 1.29 is 9.32 Å². The van der Waals surface area contributed by atoms with Gasteiger partial charge >= 0.3 is 0 Å². The average Bonchev–Trinajstić information content (AvgIpc) is 3.16. The summed E-state index contributed by atoms with van der Waals surface area (Å²) in [6.45, 7) is 3.89. The molecule has 0 N–H and O–H groups in total. The maximum Gasteiger partial charge on any atom is 0.149 e. The largest absolute Gasteiger partial charge is 0.361 e. The third-order valence-electron chi connectivity index (χ3n) is 3.92. The van der Waals surface area contributed by atoms with Gasteiger partial charge in [0.25, 0.3) is 0 Å². The van der Waals surface area contributed by atoms with Crippen molar-refractivity contribution in [2.75, 3.05) is 0 Å². The monoisotopic (exact) mass is 243 g/mol. The summed E-state index contributed by atoms with van der Waals surface area (Å²) >= 11 is 0. The Bertz CT molecular complexity index is 527. The Morgan fingerprint density at radius 2 is 2.17 bits per heavy atom. The number of hydrogen-bond acceptors (Lipinski definition) is 3. The summed E-state index contributed by atoms with van der Waals surface area (Å²) < 4.78 is 5.23. The van der Waals surface area contributed by atoms with Gasteiger partial charge in [0, 0.05) is 11.1 Å². The van der Waals surface area contributed by atoms with Crippen molar-refractivity contribution in [1.29, 1.82) is 0 Å². The smallest absolute Gasteiger partial charge is 0.149 e. The fraction of sp³-hybridized carbons (Fsp3) is 0.467. The molecule has 0 saturated heterocycles. The predicted molar refractivity (Wildman–Crippen MR) is 68.9 cm³/mol. The average molecular weight is 243 g/mol. The standard InChI is InChI=1S/C15H17NO2/c1-9-15(10(2)18-16-9)14-6-11(8-17)5-13(7-14)12-3-4-12/h5-6,8,12-13H,3-4,7H2,1-2H3. The van der Waals surface area contributed by atoms with Crippen LogP contribution in [-0.2, 0) is 4.79 Å². The SMILES string of the molecule is Cc1noc(C)c1C1=CC(C=O)=CC(C2CC2)C1. The van der Waals surface area contributed by atoms with Crippen LogP contribution < -0.4 is 0 Å². The number of nitrogens with zero attached hydrogens (tertiary/aromatic N) is 1. The van der Waals surface area contributed by atoms with Crippen molar-refractivity contribution >= 4 is 11.9 Å².